The van der Waals surface area contributed by atoms with Gasteiger partial charge in [0, 0.05) is 0 Å². The molecule has 2 aliphatic heterocycles. The summed E-state index contributed by atoms with van der Waals surface area (Å²) in [4.78, 5) is 12.5. The maximum Gasteiger partial charge on any atom is 2.00 e. The zero-order valence-electron chi connectivity index (χ0n) is 22.9. The SMILES string of the molecule is CC(C)(C)c1ccc2c(c1)S/C(=C/C(=O)C(F)(F)F)[N-]2.CC(C)(C)c1ccc2c(c1)S/C(=C/C(O)C(F)(F)F)[N-]2.[Co+2]. The quantitative estimate of drug-likeness (QED) is 0.257. The molecule has 0 saturated carbocycles. The molecular weight excluding hydrogens is 633 g/mol. The fourth-order valence-corrected chi connectivity index (χ4v) is 5.28. The molecule has 2 aromatic carbocycles. The van der Waals surface area contributed by atoms with Crippen LogP contribution in [-0.2, 0) is 32.4 Å². The molecule has 1 N–H and O–H groups in total. The Balaban J connectivity index is 0.000000280. The first-order chi connectivity index (χ1) is 18.1. The Morgan fingerprint density at radius 2 is 1.20 bits per heavy atom. The smallest absolute Gasteiger partial charge is 0.651 e. The van der Waals surface area contributed by atoms with Gasteiger partial charge in [0.1, 0.15) is 0 Å². The standard InChI is InChI=1S/C14H15F3NOS.C14H14F3NOS.Co/c2*1-13(2,3)8-4-5-9-10(6-8)20-12(18-9)7-11(19)14(15,16)17;/h4-7,11,19H,1-3H3;4-7H,1-3H3,(H,18,19);/q-1;;+2/p-1/b12-7+;;. The van der Waals surface area contributed by atoms with Crippen molar-refractivity contribution >= 4 is 40.7 Å². The Bertz CT molecular complexity index is 1340. The van der Waals surface area contributed by atoms with Crippen molar-refractivity contribution in [1.82, 2.24) is 0 Å². The molecule has 225 valence electrons. The number of carbonyl (C=O) groups excluding carboxylic acids is 1. The molecule has 0 aromatic heterocycles. The van der Waals surface area contributed by atoms with Crippen LogP contribution in [0.1, 0.15) is 52.7 Å². The van der Waals surface area contributed by atoms with E-state index in [0.717, 1.165) is 50.5 Å². The van der Waals surface area contributed by atoms with Crippen molar-refractivity contribution < 1.29 is 53.0 Å². The number of ketones is 1. The van der Waals surface area contributed by atoms with E-state index in [1.807, 2.05) is 24.3 Å². The number of benzene rings is 2. The summed E-state index contributed by atoms with van der Waals surface area (Å²) in [6, 6.07) is 11.2. The molecule has 0 saturated heterocycles. The Morgan fingerprint density at radius 3 is 1.59 bits per heavy atom. The molecule has 2 heterocycles. The maximum atomic E-state index is 12.3. The van der Waals surface area contributed by atoms with Gasteiger partial charge in [0.05, 0.1) is 0 Å². The van der Waals surface area contributed by atoms with Gasteiger partial charge in [0.25, 0.3) is 5.78 Å². The molecule has 0 aliphatic carbocycles. The second kappa shape index (κ2) is 12.7. The van der Waals surface area contributed by atoms with Crippen molar-refractivity contribution in [3.8, 4) is 0 Å². The summed E-state index contributed by atoms with van der Waals surface area (Å²) >= 11 is 2.23. The summed E-state index contributed by atoms with van der Waals surface area (Å²) in [6.45, 7) is 12.3. The van der Waals surface area contributed by atoms with E-state index in [9.17, 15) is 31.1 Å². The number of rotatable bonds is 2. The van der Waals surface area contributed by atoms with E-state index in [0.29, 0.717) is 17.5 Å². The molecule has 1 radical (unpaired) electrons. The third kappa shape index (κ3) is 9.47. The van der Waals surface area contributed by atoms with Crippen molar-refractivity contribution in [3.63, 3.8) is 0 Å². The van der Waals surface area contributed by atoms with Gasteiger partial charge in [-0.3, -0.25) is 4.79 Å². The van der Waals surface area contributed by atoms with Crippen LogP contribution in [-0.4, -0.2) is 29.3 Å². The van der Waals surface area contributed by atoms with Crippen molar-refractivity contribution in [2.45, 2.75) is 80.6 Å². The molecule has 2 aliphatic rings. The Kier molecular flexibility index (Phi) is 10.8. The maximum absolute atomic E-state index is 12.3. The number of carbonyl (C=O) groups is 1. The van der Waals surface area contributed by atoms with E-state index in [-0.39, 0.29) is 37.7 Å². The molecule has 0 spiro atoms. The van der Waals surface area contributed by atoms with Crippen LogP contribution in [0.3, 0.4) is 0 Å². The number of alkyl halides is 6. The Morgan fingerprint density at radius 1 is 0.780 bits per heavy atom. The summed E-state index contributed by atoms with van der Waals surface area (Å²) in [5, 5.41) is 17.4. The van der Waals surface area contributed by atoms with E-state index < -0.39 is 24.2 Å². The van der Waals surface area contributed by atoms with Gasteiger partial charge in [-0.15, -0.1) is 34.9 Å². The predicted molar refractivity (Wildman–Crippen MR) is 147 cm³/mol. The van der Waals surface area contributed by atoms with Crippen LogP contribution in [0.15, 0.2) is 68.4 Å². The van der Waals surface area contributed by atoms with Gasteiger partial charge < -0.3 is 15.7 Å². The van der Waals surface area contributed by atoms with Crippen LogP contribution in [0.5, 0.6) is 0 Å². The molecule has 41 heavy (non-hydrogen) atoms. The second-order valence-corrected chi connectivity index (χ2v) is 13.3. The first kappa shape index (κ1) is 35.1. The molecule has 4 rings (SSSR count). The zero-order valence-corrected chi connectivity index (χ0v) is 25.5. The summed E-state index contributed by atoms with van der Waals surface area (Å²) in [5.41, 5.74) is 3.32. The van der Waals surface area contributed by atoms with Crippen LogP contribution >= 0.6 is 23.5 Å². The summed E-state index contributed by atoms with van der Waals surface area (Å²) in [5.74, 6) is -1.88. The van der Waals surface area contributed by atoms with Gasteiger partial charge in [-0.25, -0.2) is 0 Å². The van der Waals surface area contributed by atoms with Crippen LogP contribution < -0.4 is 0 Å². The minimum atomic E-state index is -4.85. The monoisotopic (exact) mass is 661 g/mol. The average Bonchev–Trinajstić information content (AvgIpc) is 3.38. The summed E-state index contributed by atoms with van der Waals surface area (Å²) < 4.78 is 73.5. The van der Waals surface area contributed by atoms with E-state index >= 15 is 0 Å². The first-order valence-corrected chi connectivity index (χ1v) is 13.7. The fourth-order valence-electron chi connectivity index (χ4n) is 3.37. The van der Waals surface area contributed by atoms with Crippen molar-refractivity contribution in [1.29, 1.82) is 0 Å². The van der Waals surface area contributed by atoms with Crippen molar-refractivity contribution in [2.75, 3.05) is 0 Å². The number of halogens is 6. The van der Waals surface area contributed by atoms with Gasteiger partial charge in [0.15, 0.2) is 6.10 Å². The summed E-state index contributed by atoms with van der Waals surface area (Å²) in [6.07, 6.45) is -10.7. The number of thioether (sulfide) groups is 2. The number of fused-ring (bicyclic) bond motifs is 2. The molecule has 0 amide bonds. The van der Waals surface area contributed by atoms with Crippen LogP contribution in [0, 0.1) is 0 Å². The zero-order chi connectivity index (χ0) is 30.3. The van der Waals surface area contributed by atoms with Gasteiger partial charge in [-0.05, 0) is 50.0 Å². The van der Waals surface area contributed by atoms with E-state index in [1.165, 1.54) is 0 Å². The molecule has 2 aromatic rings. The number of hydrogen-bond donors (Lipinski definition) is 1. The van der Waals surface area contributed by atoms with Gasteiger partial charge >= 0.3 is 29.1 Å². The number of hydrogen-bond acceptors (Lipinski definition) is 4. The predicted octanol–water partition coefficient (Wildman–Crippen LogP) is 9.92. The minimum absolute atomic E-state index is 0. The topological polar surface area (TPSA) is 65.5 Å². The third-order valence-corrected chi connectivity index (χ3v) is 7.66. The molecule has 1 atom stereocenters. The van der Waals surface area contributed by atoms with Gasteiger partial charge in [-0.2, -0.15) is 26.3 Å². The molecule has 0 bridgehead atoms. The van der Waals surface area contributed by atoms with E-state index in [4.69, 9.17) is 5.11 Å². The van der Waals surface area contributed by atoms with Crippen LogP contribution in [0.2, 0.25) is 0 Å². The Labute approximate surface area is 254 Å². The second-order valence-electron chi connectivity index (χ2n) is 11.1. The molecule has 0 fully saturated rings. The van der Waals surface area contributed by atoms with E-state index in [2.05, 4.69) is 52.2 Å². The van der Waals surface area contributed by atoms with Crippen LogP contribution in [0.25, 0.3) is 10.6 Å². The fraction of sp³-hybridized carbons (Fsp3) is 0.393. The minimum Gasteiger partial charge on any atom is -0.651 e. The first-order valence-electron chi connectivity index (χ1n) is 12.0. The Hall–Kier alpha value is -2.06. The number of nitrogens with zero attached hydrogens (tertiary/aromatic N) is 2. The van der Waals surface area contributed by atoms with E-state index in [1.54, 1.807) is 12.1 Å². The molecule has 1 unspecified atom stereocenters. The molecule has 13 heteroatoms. The number of allylic oxidation sites excluding steroid dienone is 1. The average molecular weight is 662 g/mol. The molecule has 4 nitrogen and oxygen atoms in total. The molecular formula is C28H28CoF6N2O2S2. The largest absolute Gasteiger partial charge is 2.00 e. The summed E-state index contributed by atoms with van der Waals surface area (Å²) in [7, 11) is 0. The van der Waals surface area contributed by atoms with Crippen LogP contribution in [0.4, 0.5) is 37.7 Å². The number of aliphatic hydroxyl groups is 1. The van der Waals surface area contributed by atoms with Crippen molar-refractivity contribution in [2.24, 2.45) is 0 Å². The number of aliphatic hydroxyl groups excluding tert-OH is 1. The van der Waals surface area contributed by atoms with Gasteiger partial charge in [0.2, 0.25) is 0 Å². The van der Waals surface area contributed by atoms with Gasteiger partial charge in [-0.1, -0.05) is 81.9 Å². The third-order valence-electron chi connectivity index (χ3n) is 5.71. The van der Waals surface area contributed by atoms with Crippen molar-refractivity contribution in [3.05, 3.63) is 80.4 Å². The normalized spacial score (nSPS) is 17.5.